The van der Waals surface area contributed by atoms with E-state index in [0.717, 1.165) is 0 Å². The predicted octanol–water partition coefficient (Wildman–Crippen LogP) is 1.88. The number of rotatable bonds is 7. The Bertz CT molecular complexity index is 1070. The number of carbonyl (C=O) groups excluding carboxylic acids is 2. The summed E-state index contributed by atoms with van der Waals surface area (Å²) in [6.07, 6.45) is 1.01. The summed E-state index contributed by atoms with van der Waals surface area (Å²) < 4.78 is 25.8. The van der Waals surface area contributed by atoms with Gasteiger partial charge < -0.3 is 24.5 Å². The fourth-order valence-corrected chi connectivity index (χ4v) is 3.83. The molecule has 2 atom stereocenters. The molecule has 0 aliphatic carbocycles. The number of fused-ring (bicyclic) bond motifs is 1. The summed E-state index contributed by atoms with van der Waals surface area (Å²) in [5, 5.41) is 13.0. The van der Waals surface area contributed by atoms with Crippen LogP contribution < -0.4 is 10.7 Å². The third-order valence-corrected chi connectivity index (χ3v) is 5.81. The van der Waals surface area contributed by atoms with Gasteiger partial charge in [-0.3, -0.25) is 14.4 Å². The van der Waals surface area contributed by atoms with Gasteiger partial charge in [0.25, 0.3) is 5.91 Å². The highest BCUT2D eigenvalue weighted by Crippen LogP contribution is 2.39. The molecule has 2 heterocycles. The first-order valence-corrected chi connectivity index (χ1v) is 9.79. The third kappa shape index (κ3) is 4.11. The maximum atomic E-state index is 13.8. The lowest BCUT2D eigenvalue weighted by atomic mass is 9.73. The van der Waals surface area contributed by atoms with Gasteiger partial charge in [0, 0.05) is 39.1 Å². The Morgan fingerprint density at radius 1 is 1.32 bits per heavy atom. The number of carbonyl (C=O) groups is 2. The summed E-state index contributed by atoms with van der Waals surface area (Å²) in [5.41, 5.74) is -2.23. The highest BCUT2D eigenvalue weighted by molar-refractivity contribution is 6.03. The van der Waals surface area contributed by atoms with E-state index in [2.05, 4.69) is 5.32 Å². The molecule has 0 saturated carbocycles. The normalized spacial score (nSPS) is 20.4. The molecule has 1 unspecified atom stereocenters. The van der Waals surface area contributed by atoms with Gasteiger partial charge in [0.15, 0.2) is 11.5 Å². The maximum absolute atomic E-state index is 13.8. The van der Waals surface area contributed by atoms with E-state index < -0.39 is 40.2 Å². The molecule has 0 fully saturated rings. The van der Waals surface area contributed by atoms with E-state index in [1.165, 1.54) is 43.2 Å². The van der Waals surface area contributed by atoms with Crippen molar-refractivity contribution in [2.45, 2.75) is 32.5 Å². The van der Waals surface area contributed by atoms with Crippen LogP contribution in [0.25, 0.3) is 0 Å². The van der Waals surface area contributed by atoms with Gasteiger partial charge in [-0.05, 0) is 19.4 Å². The number of nitrogens with one attached hydrogen (secondary N) is 1. The zero-order valence-corrected chi connectivity index (χ0v) is 17.6. The van der Waals surface area contributed by atoms with Gasteiger partial charge in [0.05, 0.1) is 18.1 Å². The topological polar surface area (TPSA) is 107 Å². The van der Waals surface area contributed by atoms with Crippen LogP contribution in [0.1, 0.15) is 39.8 Å². The number of ether oxygens (including phenoxy) is 2. The number of Topliss-reactive ketones (excluding diaryl/α,β-unsaturated/α-hetero) is 1. The minimum Gasteiger partial charge on any atom is -0.503 e. The van der Waals surface area contributed by atoms with Gasteiger partial charge in [-0.2, -0.15) is 0 Å². The molecule has 3 rings (SSSR count). The lowest BCUT2D eigenvalue weighted by Gasteiger charge is -2.40. The summed E-state index contributed by atoms with van der Waals surface area (Å²) in [5.74, 6) is -2.53. The molecule has 0 saturated heterocycles. The van der Waals surface area contributed by atoms with Gasteiger partial charge in [-0.15, -0.1) is 0 Å². The van der Waals surface area contributed by atoms with Crippen LogP contribution in [0.2, 0.25) is 0 Å². The first-order chi connectivity index (χ1) is 14.7. The predicted molar refractivity (Wildman–Crippen MR) is 110 cm³/mol. The molecule has 0 radical (unpaired) electrons. The fourth-order valence-electron chi connectivity index (χ4n) is 3.83. The van der Waals surface area contributed by atoms with Crippen molar-refractivity contribution >= 4 is 11.7 Å². The second-order valence-electron chi connectivity index (χ2n) is 7.71. The van der Waals surface area contributed by atoms with E-state index in [4.69, 9.17) is 9.47 Å². The number of nitrogens with zero attached hydrogens (tertiary/aromatic N) is 1. The number of hydrogen-bond acceptors (Lipinski definition) is 6. The number of hydrogen-bond donors (Lipinski definition) is 2. The van der Waals surface area contributed by atoms with Crippen LogP contribution in [-0.4, -0.2) is 48.3 Å². The van der Waals surface area contributed by atoms with Crippen molar-refractivity contribution in [3.05, 3.63) is 63.3 Å². The van der Waals surface area contributed by atoms with Crippen molar-refractivity contribution in [3.8, 4) is 5.75 Å². The Kier molecular flexibility index (Phi) is 6.56. The molecule has 1 aromatic heterocycles. The van der Waals surface area contributed by atoms with Crippen molar-refractivity contribution in [2.75, 3.05) is 20.8 Å². The molecule has 2 aromatic rings. The molecule has 166 valence electrons. The van der Waals surface area contributed by atoms with Crippen LogP contribution >= 0.6 is 0 Å². The molecule has 9 heteroatoms. The Morgan fingerprint density at radius 3 is 2.68 bits per heavy atom. The number of halogens is 1. The molecular weight excluding hydrogens is 407 g/mol. The Morgan fingerprint density at radius 2 is 2.03 bits per heavy atom. The molecule has 31 heavy (non-hydrogen) atoms. The maximum Gasteiger partial charge on any atom is 0.257 e. The largest absolute Gasteiger partial charge is 0.503 e. The number of benzene rings is 1. The molecule has 8 nitrogen and oxygen atoms in total. The molecule has 1 amide bonds. The zero-order valence-electron chi connectivity index (χ0n) is 17.6. The summed E-state index contributed by atoms with van der Waals surface area (Å²) in [7, 11) is 2.99. The fraction of sp³-hybridized carbons (Fsp3) is 0.409. The van der Waals surface area contributed by atoms with Gasteiger partial charge in [-0.25, -0.2) is 4.39 Å². The van der Waals surface area contributed by atoms with Gasteiger partial charge in [0.2, 0.25) is 5.43 Å². The average molecular weight is 432 g/mol. The number of aromatic hydroxyl groups is 1. The van der Waals surface area contributed by atoms with Gasteiger partial charge in [-0.1, -0.05) is 18.2 Å². The third-order valence-electron chi connectivity index (χ3n) is 5.81. The monoisotopic (exact) mass is 432 g/mol. The van der Waals surface area contributed by atoms with E-state index in [9.17, 15) is 23.9 Å². The number of aromatic nitrogens is 1. The van der Waals surface area contributed by atoms with Crippen molar-refractivity contribution in [1.82, 2.24) is 9.88 Å². The van der Waals surface area contributed by atoms with Gasteiger partial charge in [0.1, 0.15) is 17.1 Å². The lowest BCUT2D eigenvalue weighted by Crippen LogP contribution is -2.50. The second kappa shape index (κ2) is 8.99. The molecule has 1 aliphatic heterocycles. The quantitative estimate of drug-likeness (QED) is 0.692. The molecule has 0 bridgehead atoms. The molecule has 1 aliphatic rings. The molecule has 0 spiro atoms. The highest BCUT2D eigenvalue weighted by Gasteiger charge is 2.48. The molecule has 2 N–H and O–H groups in total. The minimum atomic E-state index is -1.01. The zero-order chi connectivity index (χ0) is 22.8. The first kappa shape index (κ1) is 22.6. The van der Waals surface area contributed by atoms with Gasteiger partial charge >= 0.3 is 0 Å². The van der Waals surface area contributed by atoms with Crippen molar-refractivity contribution in [2.24, 2.45) is 5.41 Å². The molecule has 1 aromatic carbocycles. The number of pyridine rings is 1. The van der Waals surface area contributed by atoms with E-state index >= 15 is 0 Å². The minimum absolute atomic E-state index is 0.137. The lowest BCUT2D eigenvalue weighted by molar-refractivity contribution is -0.0262. The van der Waals surface area contributed by atoms with E-state index in [1.807, 2.05) is 0 Å². The number of methoxy groups -OCH3 is 2. The number of amides is 1. The van der Waals surface area contributed by atoms with Crippen LogP contribution in [0, 0.1) is 11.2 Å². The second-order valence-corrected chi connectivity index (χ2v) is 7.71. The summed E-state index contributed by atoms with van der Waals surface area (Å²) >= 11 is 0. The Balaban J connectivity index is 1.95. The number of ketones is 1. The standard InChI is InChI=1S/C22H25FN2O6/c1-22(8-9-30-2)16(31-3)12-25-11-14(18(26)19(27)17(25)20(22)28)21(29)24-10-13-6-4-5-7-15(13)23/h4-7,11,16,27H,8-10,12H2,1-3H3,(H,24,29)/t16?,22-/m1/s1. The summed E-state index contributed by atoms with van der Waals surface area (Å²) in [4.78, 5) is 38.5. The van der Waals surface area contributed by atoms with Crippen molar-refractivity contribution in [3.63, 3.8) is 0 Å². The van der Waals surface area contributed by atoms with Crippen LogP contribution in [0.4, 0.5) is 4.39 Å². The first-order valence-electron chi connectivity index (χ1n) is 9.79. The van der Waals surface area contributed by atoms with Crippen molar-refractivity contribution < 1.29 is 28.6 Å². The van der Waals surface area contributed by atoms with E-state index in [1.54, 1.807) is 13.0 Å². The van der Waals surface area contributed by atoms with Crippen LogP contribution in [0.3, 0.4) is 0 Å². The average Bonchev–Trinajstić information content (AvgIpc) is 2.76. The van der Waals surface area contributed by atoms with Crippen LogP contribution in [-0.2, 0) is 22.6 Å². The summed E-state index contributed by atoms with van der Waals surface area (Å²) in [6.45, 7) is 2.01. The SMILES string of the molecule is COCC[C@@]1(C)C(=O)c2c(O)c(=O)c(C(=O)NCc3ccccc3F)cn2CC1OC. The van der Waals surface area contributed by atoms with Crippen LogP contribution in [0.15, 0.2) is 35.3 Å². The summed E-state index contributed by atoms with van der Waals surface area (Å²) in [6, 6.07) is 5.92. The van der Waals surface area contributed by atoms with Crippen LogP contribution in [0.5, 0.6) is 5.75 Å². The highest BCUT2D eigenvalue weighted by atomic mass is 19.1. The smallest absolute Gasteiger partial charge is 0.257 e. The Hall–Kier alpha value is -3.04. The van der Waals surface area contributed by atoms with E-state index in [-0.39, 0.29) is 29.9 Å². The van der Waals surface area contributed by atoms with Crippen molar-refractivity contribution in [1.29, 1.82) is 0 Å². The molecular formula is C22H25FN2O6. The van der Waals surface area contributed by atoms with E-state index in [0.29, 0.717) is 13.0 Å². The Labute approximate surface area is 178 Å².